The molecule has 0 bridgehead atoms. The first-order valence-corrected chi connectivity index (χ1v) is 14.3. The number of carbonyl (C=O) groups is 1. The summed E-state index contributed by atoms with van der Waals surface area (Å²) in [6, 6.07) is 5.29. The van der Waals surface area contributed by atoms with Gasteiger partial charge in [0.25, 0.3) is 0 Å². The van der Waals surface area contributed by atoms with Crippen molar-refractivity contribution >= 4 is 15.9 Å². The zero-order chi connectivity index (χ0) is 29.3. The molecule has 2 aromatic rings. The molecule has 2 saturated carbocycles. The highest BCUT2D eigenvalue weighted by Gasteiger charge is 2.45. The first-order chi connectivity index (χ1) is 18.7. The van der Waals surface area contributed by atoms with Crippen molar-refractivity contribution in [3.05, 3.63) is 36.2 Å². The van der Waals surface area contributed by atoms with Gasteiger partial charge in [-0.05, 0) is 49.8 Å². The molecule has 5 rings (SSSR count). The molecular formula is C26H31F3N4O6S. The number of nitrogens with one attached hydrogen (secondary N) is 1. The van der Waals surface area contributed by atoms with E-state index in [9.17, 15) is 26.4 Å². The number of nitrogens with zero attached hydrogens (tertiary/aromatic N) is 3. The summed E-state index contributed by atoms with van der Waals surface area (Å²) < 4.78 is 79.7. The van der Waals surface area contributed by atoms with Crippen molar-refractivity contribution in [2.45, 2.75) is 73.5 Å². The minimum absolute atomic E-state index is 0.0420. The predicted molar refractivity (Wildman–Crippen MR) is 136 cm³/mol. The van der Waals surface area contributed by atoms with Crippen molar-refractivity contribution in [1.29, 1.82) is 5.26 Å². The Bertz CT molecular complexity index is 1390. The Kier molecular flexibility index (Phi) is 8.22. The van der Waals surface area contributed by atoms with Gasteiger partial charge in [0.1, 0.15) is 5.54 Å². The van der Waals surface area contributed by atoms with E-state index >= 15 is 0 Å². The number of aromatic nitrogens is 2. The van der Waals surface area contributed by atoms with Gasteiger partial charge in [0.05, 0.1) is 53.8 Å². The number of ether oxygens (including phenoxy) is 2. The smallest absolute Gasteiger partial charge is 0.417 e. The molecule has 0 unspecified atom stereocenters. The van der Waals surface area contributed by atoms with Crippen LogP contribution in [0, 0.1) is 16.7 Å². The fraction of sp³-hybridized carbons (Fsp3) is 0.577. The van der Waals surface area contributed by atoms with Crippen molar-refractivity contribution in [3.63, 3.8) is 0 Å². The summed E-state index contributed by atoms with van der Waals surface area (Å²) in [7, 11) is -2.66. The Morgan fingerprint density at radius 3 is 2.48 bits per heavy atom. The van der Waals surface area contributed by atoms with Crippen LogP contribution in [0.25, 0.3) is 11.1 Å². The van der Waals surface area contributed by atoms with Crippen LogP contribution in [0.4, 0.5) is 18.0 Å². The van der Waals surface area contributed by atoms with Crippen molar-refractivity contribution < 1.29 is 41.0 Å². The molecule has 40 heavy (non-hydrogen) atoms. The van der Waals surface area contributed by atoms with Gasteiger partial charge >= 0.3 is 12.3 Å². The molecule has 2 atom stereocenters. The van der Waals surface area contributed by atoms with E-state index in [-0.39, 0.29) is 29.9 Å². The fourth-order valence-corrected chi connectivity index (χ4v) is 6.89. The Hall–Kier alpha value is -3.15. The quantitative estimate of drug-likeness (QED) is 0.492. The van der Waals surface area contributed by atoms with Gasteiger partial charge in [-0.3, -0.25) is 4.68 Å². The molecule has 1 aliphatic heterocycles. The van der Waals surface area contributed by atoms with Gasteiger partial charge in [-0.25, -0.2) is 13.2 Å². The summed E-state index contributed by atoms with van der Waals surface area (Å²) in [5.74, 6) is 0. The highest BCUT2D eigenvalue weighted by molar-refractivity contribution is 7.92. The molecule has 1 amide bonds. The number of benzene rings is 1. The molecule has 1 aromatic carbocycles. The van der Waals surface area contributed by atoms with E-state index in [0.29, 0.717) is 44.6 Å². The third-order valence-corrected chi connectivity index (χ3v) is 9.70. The molecule has 2 aliphatic carbocycles. The average molecular weight is 585 g/mol. The highest BCUT2D eigenvalue weighted by atomic mass is 32.2. The maximum absolute atomic E-state index is 13.9. The van der Waals surface area contributed by atoms with Crippen LogP contribution in [0.3, 0.4) is 0 Å². The number of halogens is 3. The largest absolute Gasteiger partial charge is 0.465 e. The first-order valence-electron chi connectivity index (χ1n) is 12.7. The van der Waals surface area contributed by atoms with Crippen LogP contribution in [-0.4, -0.2) is 66.6 Å². The molecular weight excluding hydrogens is 553 g/mol. The molecule has 3 aliphatic rings. The summed E-state index contributed by atoms with van der Waals surface area (Å²) in [6.45, 7) is 3.86. The lowest BCUT2D eigenvalue weighted by Crippen LogP contribution is -2.43. The van der Waals surface area contributed by atoms with Crippen molar-refractivity contribution in [3.8, 4) is 17.2 Å². The highest BCUT2D eigenvalue weighted by Crippen LogP contribution is 2.41. The van der Waals surface area contributed by atoms with Gasteiger partial charge < -0.3 is 19.9 Å². The number of hydrogen-bond acceptors (Lipinski definition) is 7. The minimum atomic E-state index is -4.80. The average Bonchev–Trinajstić information content (AvgIpc) is 3.26. The first kappa shape index (κ1) is 29.8. The standard InChI is InChI=1S/C21H25F3N2O4S.C5H6N2O2/c1-20(12-30-13-20)11-26-10-15(9-25-26)14-3-6-19(18(7-14)21(22,23)24)31(27,28)17-5-4-16(8-17)29-2;6-3-5(1-2-5)7-4(8)9/h3,6-7,9-10,16-17H,4-5,8,11-13H2,1-2H3;7H,1-2H2,(H,8,9)/t16-,17-;/m1./s1. The monoisotopic (exact) mass is 584 g/mol. The Morgan fingerprint density at radius 1 is 1.30 bits per heavy atom. The van der Waals surface area contributed by atoms with Crippen LogP contribution in [-0.2, 0) is 32.0 Å². The summed E-state index contributed by atoms with van der Waals surface area (Å²) in [5.41, 5.74) is -1.14. The van der Waals surface area contributed by atoms with E-state index in [1.54, 1.807) is 10.9 Å². The second-order valence-corrected chi connectivity index (χ2v) is 13.1. The number of rotatable bonds is 7. The second-order valence-electron chi connectivity index (χ2n) is 10.9. The van der Waals surface area contributed by atoms with Crippen LogP contribution in [0.15, 0.2) is 35.5 Å². The van der Waals surface area contributed by atoms with Crippen molar-refractivity contribution in [2.24, 2.45) is 5.41 Å². The van der Waals surface area contributed by atoms with Crippen LogP contribution < -0.4 is 5.32 Å². The van der Waals surface area contributed by atoms with Crippen molar-refractivity contribution in [1.82, 2.24) is 15.1 Å². The molecule has 14 heteroatoms. The van der Waals surface area contributed by atoms with Gasteiger partial charge in [-0.1, -0.05) is 13.0 Å². The van der Waals surface area contributed by atoms with Gasteiger partial charge in [0.2, 0.25) is 0 Å². The number of sulfone groups is 1. The number of methoxy groups -OCH3 is 1. The number of hydrogen-bond donors (Lipinski definition) is 2. The lowest BCUT2D eigenvalue weighted by molar-refractivity contribution is -0.139. The number of amides is 1. The molecule has 2 heterocycles. The SMILES string of the molecule is CO[C@@H]1CC[C@@H](S(=O)(=O)c2ccc(-c3cnn(CC4(C)COC4)c3)cc2C(F)(F)F)C1.N#CC1(NC(=O)O)CC1. The number of alkyl halides is 3. The van der Waals surface area contributed by atoms with Gasteiger partial charge in [0, 0.05) is 24.3 Å². The molecule has 218 valence electrons. The Balaban J connectivity index is 0.000000350. The maximum atomic E-state index is 13.9. The third kappa shape index (κ3) is 6.59. The summed E-state index contributed by atoms with van der Waals surface area (Å²) in [6.07, 6.45) is -0.697. The van der Waals surface area contributed by atoms with Gasteiger partial charge in [-0.15, -0.1) is 0 Å². The molecule has 10 nitrogen and oxygen atoms in total. The molecule has 2 N–H and O–H groups in total. The van der Waals surface area contributed by atoms with Crippen LogP contribution in [0.5, 0.6) is 0 Å². The fourth-order valence-electron chi connectivity index (χ4n) is 4.88. The van der Waals surface area contributed by atoms with Crippen LogP contribution in [0.1, 0.15) is 44.6 Å². The van der Waals surface area contributed by atoms with Gasteiger partial charge in [0.15, 0.2) is 9.84 Å². The molecule has 3 fully saturated rings. The number of carboxylic acid groups (broad SMARTS) is 1. The topological polar surface area (TPSA) is 144 Å². The van der Waals surface area contributed by atoms with E-state index in [4.69, 9.17) is 19.8 Å². The third-order valence-electron chi connectivity index (χ3n) is 7.42. The Labute approximate surface area is 230 Å². The minimum Gasteiger partial charge on any atom is -0.465 e. The second kappa shape index (κ2) is 11.0. The summed E-state index contributed by atoms with van der Waals surface area (Å²) in [4.78, 5) is 9.28. The maximum Gasteiger partial charge on any atom is 0.417 e. The lowest BCUT2D eigenvalue weighted by atomic mass is 9.89. The number of nitriles is 1. The molecule has 1 aromatic heterocycles. The van der Waals surface area contributed by atoms with Crippen LogP contribution in [0.2, 0.25) is 0 Å². The van der Waals surface area contributed by atoms with Crippen molar-refractivity contribution in [2.75, 3.05) is 20.3 Å². The van der Waals surface area contributed by atoms with E-state index < -0.39 is 43.4 Å². The Morgan fingerprint density at radius 2 is 2.00 bits per heavy atom. The zero-order valence-corrected chi connectivity index (χ0v) is 22.9. The summed E-state index contributed by atoms with van der Waals surface area (Å²) in [5, 5.41) is 22.0. The predicted octanol–water partition coefficient (Wildman–Crippen LogP) is 4.26. The van der Waals surface area contributed by atoms with Crippen LogP contribution >= 0.6 is 0 Å². The zero-order valence-electron chi connectivity index (χ0n) is 22.1. The normalized spacial score (nSPS) is 22.8. The molecule has 1 saturated heterocycles. The molecule has 0 radical (unpaired) electrons. The van der Waals surface area contributed by atoms with E-state index in [1.165, 1.54) is 19.4 Å². The molecule has 0 spiro atoms. The lowest BCUT2D eigenvalue weighted by Gasteiger charge is -2.37. The van der Waals surface area contributed by atoms with Gasteiger partial charge in [-0.2, -0.15) is 23.5 Å². The van der Waals surface area contributed by atoms with E-state index in [1.807, 2.05) is 6.07 Å². The summed E-state index contributed by atoms with van der Waals surface area (Å²) >= 11 is 0. The van der Waals surface area contributed by atoms with E-state index in [0.717, 1.165) is 12.1 Å². The van der Waals surface area contributed by atoms with E-state index in [2.05, 4.69) is 17.3 Å².